The highest BCUT2D eigenvalue weighted by Crippen LogP contribution is 2.25. The predicted molar refractivity (Wildman–Crippen MR) is 84.2 cm³/mol. The first kappa shape index (κ1) is 16.2. The van der Waals surface area contributed by atoms with E-state index in [9.17, 15) is 0 Å². The van der Waals surface area contributed by atoms with Gasteiger partial charge in [0.15, 0.2) is 0 Å². The van der Waals surface area contributed by atoms with Crippen molar-refractivity contribution in [1.29, 1.82) is 0 Å². The lowest BCUT2D eigenvalue weighted by atomic mass is 9.87. The van der Waals surface area contributed by atoms with Gasteiger partial charge >= 0.3 is 0 Å². The number of nitrogens with one attached hydrogen (secondary N) is 1. The van der Waals surface area contributed by atoms with Crippen molar-refractivity contribution in [3.63, 3.8) is 0 Å². The second kappa shape index (κ2) is 7.74. The Bertz CT molecular complexity index is 281. The molecule has 2 rings (SSSR count). The molecule has 0 aromatic rings. The molecule has 0 bridgehead atoms. The molecule has 4 heteroatoms. The Labute approximate surface area is 124 Å². The van der Waals surface area contributed by atoms with E-state index in [2.05, 4.69) is 35.9 Å². The smallest absolute Gasteiger partial charge is 0.0594 e. The number of ether oxygens (including phenoxy) is 1. The van der Waals surface area contributed by atoms with Crippen LogP contribution in [0, 0.1) is 5.41 Å². The van der Waals surface area contributed by atoms with Crippen LogP contribution in [0.1, 0.15) is 33.6 Å². The zero-order valence-corrected chi connectivity index (χ0v) is 13.7. The van der Waals surface area contributed by atoms with Crippen LogP contribution in [-0.4, -0.2) is 74.9 Å². The molecule has 2 atom stereocenters. The lowest BCUT2D eigenvalue weighted by molar-refractivity contribution is 0.0176. The van der Waals surface area contributed by atoms with Crippen molar-refractivity contribution >= 4 is 0 Å². The lowest BCUT2D eigenvalue weighted by Gasteiger charge is -2.35. The van der Waals surface area contributed by atoms with Gasteiger partial charge < -0.3 is 15.0 Å². The summed E-state index contributed by atoms with van der Waals surface area (Å²) in [4.78, 5) is 5.32. The molecule has 0 saturated carbocycles. The molecule has 0 radical (unpaired) electrons. The molecule has 4 nitrogen and oxygen atoms in total. The van der Waals surface area contributed by atoms with Crippen LogP contribution in [0.15, 0.2) is 0 Å². The third kappa shape index (κ3) is 4.42. The van der Waals surface area contributed by atoms with Crippen molar-refractivity contribution in [2.45, 2.75) is 39.7 Å². The monoisotopic (exact) mass is 283 g/mol. The maximum Gasteiger partial charge on any atom is 0.0594 e. The minimum atomic E-state index is 0.413. The zero-order chi connectivity index (χ0) is 14.4. The van der Waals surface area contributed by atoms with E-state index in [-0.39, 0.29) is 0 Å². The molecule has 0 aromatic heterocycles. The zero-order valence-electron chi connectivity index (χ0n) is 13.7. The minimum absolute atomic E-state index is 0.413. The highest BCUT2D eigenvalue weighted by molar-refractivity contribution is 4.88. The normalized spacial score (nSPS) is 28.6. The Morgan fingerprint density at radius 1 is 1.20 bits per heavy atom. The van der Waals surface area contributed by atoms with Gasteiger partial charge in [0.2, 0.25) is 0 Å². The number of morpholine rings is 1. The summed E-state index contributed by atoms with van der Waals surface area (Å²) in [6.45, 7) is 17.0. The first-order valence-electron chi connectivity index (χ1n) is 8.42. The Hall–Kier alpha value is -0.160. The van der Waals surface area contributed by atoms with Gasteiger partial charge in [0.1, 0.15) is 0 Å². The maximum absolute atomic E-state index is 5.46. The average Bonchev–Trinajstić information content (AvgIpc) is 2.94. The van der Waals surface area contributed by atoms with E-state index in [4.69, 9.17) is 4.74 Å². The Kier molecular flexibility index (Phi) is 6.27. The molecular weight excluding hydrogens is 250 g/mol. The maximum atomic E-state index is 5.46. The van der Waals surface area contributed by atoms with E-state index in [1.165, 1.54) is 32.5 Å². The number of hydrogen-bond acceptors (Lipinski definition) is 4. The van der Waals surface area contributed by atoms with Crippen LogP contribution in [-0.2, 0) is 4.74 Å². The molecular formula is C16H33N3O. The molecule has 118 valence electrons. The van der Waals surface area contributed by atoms with Gasteiger partial charge in [0.05, 0.1) is 13.2 Å². The van der Waals surface area contributed by atoms with E-state index in [1.807, 2.05) is 0 Å². The molecule has 2 aliphatic heterocycles. The van der Waals surface area contributed by atoms with Crippen LogP contribution in [0.25, 0.3) is 0 Å². The Morgan fingerprint density at radius 2 is 1.95 bits per heavy atom. The van der Waals surface area contributed by atoms with Crippen molar-refractivity contribution in [2.24, 2.45) is 5.41 Å². The topological polar surface area (TPSA) is 27.7 Å². The van der Waals surface area contributed by atoms with E-state index < -0.39 is 0 Å². The highest BCUT2D eigenvalue weighted by atomic mass is 16.5. The standard InChI is InChI=1S/C16H33N3O/c1-4-16(3,13-17-5-2)14-18-7-6-15(12-18)19-8-10-20-11-9-19/h15,17H,4-14H2,1-3H3. The van der Waals surface area contributed by atoms with E-state index in [0.717, 1.165) is 45.4 Å². The van der Waals surface area contributed by atoms with Gasteiger partial charge in [-0.25, -0.2) is 0 Å². The van der Waals surface area contributed by atoms with Gasteiger partial charge in [0.25, 0.3) is 0 Å². The van der Waals surface area contributed by atoms with Crippen molar-refractivity contribution in [1.82, 2.24) is 15.1 Å². The third-order valence-corrected chi connectivity index (χ3v) is 5.07. The summed E-state index contributed by atoms with van der Waals surface area (Å²) in [5.74, 6) is 0. The lowest BCUT2D eigenvalue weighted by Crippen LogP contribution is -2.46. The molecule has 2 aliphatic rings. The second-order valence-electron chi connectivity index (χ2n) is 6.77. The second-order valence-corrected chi connectivity index (χ2v) is 6.77. The average molecular weight is 283 g/mol. The van der Waals surface area contributed by atoms with E-state index in [0.29, 0.717) is 5.41 Å². The molecule has 0 amide bonds. The molecule has 0 aliphatic carbocycles. The van der Waals surface area contributed by atoms with E-state index >= 15 is 0 Å². The summed E-state index contributed by atoms with van der Waals surface area (Å²) in [6.07, 6.45) is 2.58. The summed E-state index contributed by atoms with van der Waals surface area (Å²) < 4.78 is 5.46. The van der Waals surface area contributed by atoms with Gasteiger partial charge in [-0.05, 0) is 31.3 Å². The van der Waals surface area contributed by atoms with Crippen LogP contribution in [0.3, 0.4) is 0 Å². The van der Waals surface area contributed by atoms with Crippen LogP contribution in [0.2, 0.25) is 0 Å². The number of likely N-dealkylation sites (tertiary alicyclic amines) is 1. The van der Waals surface area contributed by atoms with Gasteiger partial charge in [-0.2, -0.15) is 0 Å². The largest absolute Gasteiger partial charge is 0.379 e. The van der Waals surface area contributed by atoms with Crippen LogP contribution in [0.5, 0.6) is 0 Å². The van der Waals surface area contributed by atoms with Crippen LogP contribution >= 0.6 is 0 Å². The molecule has 2 heterocycles. The SMILES string of the molecule is CCNCC(C)(CC)CN1CCC(N2CCOCC2)C1. The fraction of sp³-hybridized carbons (Fsp3) is 1.00. The third-order valence-electron chi connectivity index (χ3n) is 5.07. The fourth-order valence-corrected chi connectivity index (χ4v) is 3.46. The van der Waals surface area contributed by atoms with Crippen LogP contribution < -0.4 is 5.32 Å². The molecule has 0 spiro atoms. The van der Waals surface area contributed by atoms with Gasteiger partial charge in [0, 0.05) is 38.8 Å². The number of nitrogens with zero attached hydrogens (tertiary/aromatic N) is 2. The summed E-state index contributed by atoms with van der Waals surface area (Å²) >= 11 is 0. The predicted octanol–water partition coefficient (Wildman–Crippen LogP) is 1.42. The first-order valence-corrected chi connectivity index (χ1v) is 8.42. The van der Waals surface area contributed by atoms with Crippen molar-refractivity contribution in [2.75, 3.05) is 59.0 Å². The van der Waals surface area contributed by atoms with Gasteiger partial charge in [-0.3, -0.25) is 4.90 Å². The number of rotatable bonds is 7. The van der Waals surface area contributed by atoms with Crippen LogP contribution in [0.4, 0.5) is 0 Å². The highest BCUT2D eigenvalue weighted by Gasteiger charge is 2.32. The van der Waals surface area contributed by atoms with Gasteiger partial charge in [-0.1, -0.05) is 20.8 Å². The summed E-state index contributed by atoms with van der Waals surface area (Å²) in [5.41, 5.74) is 0.413. The molecule has 0 aromatic carbocycles. The molecule has 2 unspecified atom stereocenters. The minimum Gasteiger partial charge on any atom is -0.379 e. The summed E-state index contributed by atoms with van der Waals surface area (Å²) in [5, 5.41) is 3.53. The summed E-state index contributed by atoms with van der Waals surface area (Å²) in [6, 6.07) is 0.763. The molecule has 2 saturated heterocycles. The Morgan fingerprint density at radius 3 is 2.60 bits per heavy atom. The summed E-state index contributed by atoms with van der Waals surface area (Å²) in [7, 11) is 0. The molecule has 20 heavy (non-hydrogen) atoms. The van der Waals surface area contributed by atoms with Crippen molar-refractivity contribution in [3.8, 4) is 0 Å². The molecule has 1 N–H and O–H groups in total. The fourth-order valence-electron chi connectivity index (χ4n) is 3.46. The quantitative estimate of drug-likeness (QED) is 0.765. The Balaban J connectivity index is 1.79. The van der Waals surface area contributed by atoms with Crippen molar-refractivity contribution < 1.29 is 4.74 Å². The van der Waals surface area contributed by atoms with Gasteiger partial charge in [-0.15, -0.1) is 0 Å². The number of hydrogen-bond donors (Lipinski definition) is 1. The van der Waals surface area contributed by atoms with E-state index in [1.54, 1.807) is 0 Å². The van der Waals surface area contributed by atoms with Crippen molar-refractivity contribution in [3.05, 3.63) is 0 Å². The first-order chi connectivity index (χ1) is 9.67. The molecule has 2 fully saturated rings.